The van der Waals surface area contributed by atoms with Gasteiger partial charge in [0.15, 0.2) is 6.61 Å². The fraction of sp³-hybridized carbons (Fsp3) is 0.381. The van der Waals surface area contributed by atoms with E-state index in [0.717, 1.165) is 18.4 Å². The van der Waals surface area contributed by atoms with Crippen molar-refractivity contribution < 1.29 is 17.9 Å². The van der Waals surface area contributed by atoms with Crippen LogP contribution in [0.5, 0.6) is 5.75 Å². The van der Waals surface area contributed by atoms with Crippen LogP contribution in [0.4, 0.5) is 0 Å². The van der Waals surface area contributed by atoms with E-state index in [4.69, 9.17) is 4.74 Å². The minimum absolute atomic E-state index is 0.135. The Balaban J connectivity index is 1.85. The molecule has 0 aliphatic carbocycles. The van der Waals surface area contributed by atoms with Crippen molar-refractivity contribution in [3.8, 4) is 5.75 Å². The van der Waals surface area contributed by atoms with E-state index in [9.17, 15) is 13.2 Å². The normalized spacial score (nSPS) is 12.4. The van der Waals surface area contributed by atoms with Crippen LogP contribution >= 0.6 is 11.8 Å². The highest BCUT2D eigenvalue weighted by Crippen LogP contribution is 2.19. The summed E-state index contributed by atoms with van der Waals surface area (Å²) in [5, 5.41) is 2.89. The van der Waals surface area contributed by atoms with Gasteiger partial charge in [-0.05, 0) is 61.6 Å². The smallest absolute Gasteiger partial charge is 0.258 e. The molecule has 0 aliphatic rings. The van der Waals surface area contributed by atoms with Crippen molar-refractivity contribution in [3.63, 3.8) is 0 Å². The van der Waals surface area contributed by atoms with Crippen LogP contribution in [-0.2, 0) is 14.8 Å². The average molecular weight is 437 g/mol. The number of carbonyl (C=O) groups excluding carboxylic acids is 1. The molecule has 2 aromatic carbocycles. The third kappa shape index (κ3) is 7.38. The van der Waals surface area contributed by atoms with Crippen LogP contribution < -0.4 is 14.8 Å². The zero-order valence-electron chi connectivity index (χ0n) is 17.0. The van der Waals surface area contributed by atoms with Gasteiger partial charge in [-0.25, -0.2) is 13.1 Å². The van der Waals surface area contributed by atoms with E-state index in [1.807, 2.05) is 44.4 Å². The minimum atomic E-state index is -3.52. The van der Waals surface area contributed by atoms with Crippen molar-refractivity contribution in [1.29, 1.82) is 0 Å². The molecule has 6 nitrogen and oxygen atoms in total. The quantitative estimate of drug-likeness (QED) is 0.414. The van der Waals surface area contributed by atoms with Crippen LogP contribution in [0.15, 0.2) is 58.3 Å². The highest BCUT2D eigenvalue weighted by molar-refractivity contribution is 7.98. The van der Waals surface area contributed by atoms with Crippen LogP contribution in [0.2, 0.25) is 0 Å². The largest absolute Gasteiger partial charge is 0.484 e. The summed E-state index contributed by atoms with van der Waals surface area (Å²) < 4.78 is 32.4. The first-order valence-electron chi connectivity index (χ1n) is 9.51. The van der Waals surface area contributed by atoms with Crippen molar-refractivity contribution in [3.05, 3.63) is 54.1 Å². The van der Waals surface area contributed by atoms with E-state index in [2.05, 4.69) is 10.0 Å². The number of benzene rings is 2. The maximum absolute atomic E-state index is 12.2. The maximum Gasteiger partial charge on any atom is 0.258 e. The van der Waals surface area contributed by atoms with E-state index < -0.39 is 10.0 Å². The Morgan fingerprint density at radius 2 is 1.76 bits per heavy atom. The number of nitrogens with one attached hydrogen (secondary N) is 2. The molecule has 0 bridgehead atoms. The predicted octanol–water partition coefficient (Wildman–Crippen LogP) is 3.74. The molecule has 158 valence electrons. The highest BCUT2D eigenvalue weighted by atomic mass is 32.2. The number of ether oxygens (including phenoxy) is 1. The van der Waals surface area contributed by atoms with E-state index in [1.165, 1.54) is 17.0 Å². The fourth-order valence-corrected chi connectivity index (χ4v) is 4.07. The second-order valence-corrected chi connectivity index (χ2v) is 9.22. The third-order valence-corrected chi connectivity index (χ3v) is 6.54. The third-order valence-electron chi connectivity index (χ3n) is 4.32. The van der Waals surface area contributed by atoms with E-state index in [-0.39, 0.29) is 23.5 Å². The van der Waals surface area contributed by atoms with Crippen LogP contribution in [-0.4, -0.2) is 33.7 Å². The van der Waals surface area contributed by atoms with Crippen molar-refractivity contribution in [2.45, 2.75) is 42.5 Å². The van der Waals surface area contributed by atoms with Crippen LogP contribution in [0.1, 0.15) is 38.3 Å². The molecule has 0 radical (unpaired) electrons. The minimum Gasteiger partial charge on any atom is -0.484 e. The molecule has 0 heterocycles. The van der Waals surface area contributed by atoms with Gasteiger partial charge in [0.05, 0.1) is 10.9 Å². The Morgan fingerprint density at radius 1 is 1.10 bits per heavy atom. The van der Waals surface area contributed by atoms with E-state index in [1.54, 1.807) is 23.9 Å². The molecular weight excluding hydrogens is 408 g/mol. The predicted molar refractivity (Wildman–Crippen MR) is 117 cm³/mol. The molecule has 0 spiro atoms. The molecule has 29 heavy (non-hydrogen) atoms. The zero-order chi connectivity index (χ0) is 21.3. The average Bonchev–Trinajstić information content (AvgIpc) is 2.72. The lowest BCUT2D eigenvalue weighted by Gasteiger charge is -2.15. The van der Waals surface area contributed by atoms with Crippen molar-refractivity contribution in [2.75, 3.05) is 19.4 Å². The lowest BCUT2D eigenvalue weighted by atomic mass is 10.1. The molecular formula is C21H28N2O4S2. The van der Waals surface area contributed by atoms with Gasteiger partial charge in [0.2, 0.25) is 10.0 Å². The molecule has 0 aromatic heterocycles. The molecule has 0 saturated carbocycles. The summed E-state index contributed by atoms with van der Waals surface area (Å²) in [6, 6.07) is 13.9. The SMILES string of the molecule is CCCCNS(=O)(=O)c1ccc(OCC(=O)NC(C)c2ccc(SC)cc2)cc1. The number of hydrogen-bond donors (Lipinski definition) is 2. The summed E-state index contributed by atoms with van der Waals surface area (Å²) in [4.78, 5) is 13.5. The Labute approximate surface area is 177 Å². The first-order valence-corrected chi connectivity index (χ1v) is 12.2. The molecule has 1 amide bonds. The number of rotatable bonds is 11. The molecule has 1 atom stereocenters. The van der Waals surface area contributed by atoms with Gasteiger partial charge >= 0.3 is 0 Å². The van der Waals surface area contributed by atoms with Crippen molar-refractivity contribution in [1.82, 2.24) is 10.0 Å². The van der Waals surface area contributed by atoms with Gasteiger partial charge in [-0.1, -0.05) is 25.5 Å². The number of hydrogen-bond acceptors (Lipinski definition) is 5. The summed E-state index contributed by atoms with van der Waals surface area (Å²) in [5.74, 6) is 0.189. The highest BCUT2D eigenvalue weighted by Gasteiger charge is 2.14. The summed E-state index contributed by atoms with van der Waals surface area (Å²) in [6.07, 6.45) is 3.72. The van der Waals surface area contributed by atoms with Gasteiger partial charge in [-0.2, -0.15) is 0 Å². The lowest BCUT2D eigenvalue weighted by Crippen LogP contribution is -2.31. The van der Waals surface area contributed by atoms with Gasteiger partial charge < -0.3 is 10.1 Å². The summed E-state index contributed by atoms with van der Waals surface area (Å²) >= 11 is 1.67. The molecule has 0 saturated heterocycles. The maximum atomic E-state index is 12.2. The standard InChI is InChI=1S/C21H28N2O4S2/c1-4-5-14-22-29(25,26)20-12-8-18(9-13-20)27-15-21(24)23-16(2)17-6-10-19(28-3)11-7-17/h6-13,16,22H,4-5,14-15H2,1-3H3,(H,23,24). The van der Waals surface area contributed by atoms with Gasteiger partial charge in [0.1, 0.15) is 5.75 Å². The summed E-state index contributed by atoms with van der Waals surface area (Å²) in [5.41, 5.74) is 1.02. The Morgan fingerprint density at radius 3 is 2.34 bits per heavy atom. The number of carbonyl (C=O) groups is 1. The van der Waals surface area contributed by atoms with E-state index in [0.29, 0.717) is 12.3 Å². The Hall–Kier alpha value is -2.03. The van der Waals surface area contributed by atoms with Crippen LogP contribution in [0, 0.1) is 0 Å². The van der Waals surface area contributed by atoms with Gasteiger partial charge in [-0.15, -0.1) is 11.8 Å². The number of thioether (sulfide) groups is 1. The molecule has 1 unspecified atom stereocenters. The molecule has 8 heteroatoms. The number of sulfonamides is 1. The van der Waals surface area contributed by atoms with Crippen molar-refractivity contribution in [2.24, 2.45) is 0 Å². The number of amides is 1. The first-order chi connectivity index (χ1) is 13.9. The molecule has 0 fully saturated rings. The second kappa shape index (κ2) is 11.2. The van der Waals surface area contributed by atoms with Crippen LogP contribution in [0.3, 0.4) is 0 Å². The monoisotopic (exact) mass is 436 g/mol. The van der Waals surface area contributed by atoms with Crippen molar-refractivity contribution >= 4 is 27.7 Å². The summed E-state index contributed by atoms with van der Waals surface area (Å²) in [6.45, 7) is 4.18. The molecule has 2 N–H and O–H groups in total. The molecule has 2 rings (SSSR count). The topological polar surface area (TPSA) is 84.5 Å². The fourth-order valence-electron chi connectivity index (χ4n) is 2.59. The lowest BCUT2D eigenvalue weighted by molar-refractivity contribution is -0.123. The Bertz CT molecular complexity index is 882. The van der Waals surface area contributed by atoms with Gasteiger partial charge in [0, 0.05) is 11.4 Å². The molecule has 2 aromatic rings. The van der Waals surface area contributed by atoms with Crippen LogP contribution in [0.25, 0.3) is 0 Å². The van der Waals surface area contributed by atoms with Gasteiger partial charge in [0.25, 0.3) is 5.91 Å². The van der Waals surface area contributed by atoms with Gasteiger partial charge in [-0.3, -0.25) is 4.79 Å². The zero-order valence-corrected chi connectivity index (χ0v) is 18.6. The number of unbranched alkanes of at least 4 members (excludes halogenated alkanes) is 1. The molecule has 0 aliphatic heterocycles. The van der Waals surface area contributed by atoms with E-state index >= 15 is 0 Å². The summed E-state index contributed by atoms with van der Waals surface area (Å²) in [7, 11) is -3.52. The Kier molecular flexibility index (Phi) is 9.00. The second-order valence-electron chi connectivity index (χ2n) is 6.57. The first kappa shape index (κ1) is 23.3.